The monoisotopic (exact) mass is 1580 g/mol. The molecule has 0 unspecified atom stereocenters. The lowest BCUT2D eigenvalue weighted by atomic mass is 9.90. The number of aromatic nitrogens is 6. The Morgan fingerprint density at radius 2 is 0.419 bits per heavy atom. The maximum absolute atomic E-state index is 7.37. The fraction of sp³-hybridized carbons (Fsp3) is 0. The molecule has 0 atom stereocenters. The number of furan rings is 4. The van der Waals surface area contributed by atoms with Crippen molar-refractivity contribution in [1.29, 1.82) is 0 Å². The summed E-state index contributed by atoms with van der Waals surface area (Å²) in [6, 6.07) is 144. The van der Waals surface area contributed by atoms with Crippen LogP contribution in [0.25, 0.3) is 256 Å². The minimum atomic E-state index is 0.514. The third kappa shape index (κ3) is 12.8. The molecule has 0 bridgehead atoms. The molecule has 18 aromatic carbocycles. The summed E-state index contributed by atoms with van der Waals surface area (Å²) in [6.07, 6.45) is 0. The van der Waals surface area contributed by atoms with Crippen LogP contribution in [0.15, 0.2) is 430 Å². The van der Waals surface area contributed by atoms with E-state index in [2.05, 4.69) is 322 Å². The first-order valence-electron chi connectivity index (χ1n) is 41.6. The molecule has 6 aromatic heterocycles. The Kier molecular flexibility index (Phi) is 17.0. The Bertz CT molecular complexity index is 8230. The summed E-state index contributed by atoms with van der Waals surface area (Å²) in [4.78, 5) is 32.3. The van der Waals surface area contributed by atoms with Crippen molar-refractivity contribution in [3.8, 4) is 168 Å². The normalized spacial score (nSPS) is 11.7. The van der Waals surface area contributed by atoms with E-state index >= 15 is 0 Å². The van der Waals surface area contributed by atoms with Gasteiger partial charge in [-0.2, -0.15) is 0 Å². The number of hydrogen-bond acceptors (Lipinski definition) is 10. The summed E-state index contributed by atoms with van der Waals surface area (Å²) in [5.74, 6) is 3.24. The van der Waals surface area contributed by atoms with E-state index in [1.54, 1.807) is 0 Å². The van der Waals surface area contributed by atoms with E-state index in [9.17, 15) is 0 Å². The number of hydrogen-bond donors (Lipinski definition) is 0. The Balaban J connectivity index is 0.625. The molecule has 0 saturated carbocycles. The number of fused-ring (bicyclic) bond motifs is 12. The highest BCUT2D eigenvalue weighted by atomic mass is 16.3. The molecule has 10 nitrogen and oxygen atoms in total. The van der Waals surface area contributed by atoms with E-state index in [4.69, 9.17) is 47.6 Å². The molecule has 0 aliphatic carbocycles. The fourth-order valence-corrected chi connectivity index (χ4v) is 17.8. The molecule has 0 amide bonds. The van der Waals surface area contributed by atoms with Crippen molar-refractivity contribution in [3.05, 3.63) is 413 Å². The first kappa shape index (κ1) is 71.3. The van der Waals surface area contributed by atoms with Crippen molar-refractivity contribution in [1.82, 2.24) is 29.9 Å². The van der Waals surface area contributed by atoms with Gasteiger partial charge in [-0.05, 0) is 198 Å². The van der Waals surface area contributed by atoms with Gasteiger partial charge in [-0.15, -0.1) is 0 Å². The van der Waals surface area contributed by atoms with Crippen LogP contribution < -0.4 is 0 Å². The molecule has 6 heterocycles. The van der Waals surface area contributed by atoms with Gasteiger partial charge in [0.15, 0.2) is 34.9 Å². The van der Waals surface area contributed by atoms with Gasteiger partial charge in [0.1, 0.15) is 44.7 Å². The zero-order valence-corrected chi connectivity index (χ0v) is 66.6. The third-order valence-corrected chi connectivity index (χ3v) is 24.0. The van der Waals surface area contributed by atoms with Gasteiger partial charge in [-0.25, -0.2) is 29.9 Å². The molecule has 10 heteroatoms. The molecule has 0 radical (unpaired) electrons. The Morgan fingerprint density at radius 1 is 0.121 bits per heavy atom. The third-order valence-electron chi connectivity index (χ3n) is 24.0. The van der Waals surface area contributed by atoms with Crippen LogP contribution in [0.1, 0.15) is 0 Å². The smallest absolute Gasteiger partial charge is 0.164 e. The minimum Gasteiger partial charge on any atom is -0.456 e. The highest BCUT2D eigenvalue weighted by Gasteiger charge is 2.24. The summed E-state index contributed by atoms with van der Waals surface area (Å²) in [5, 5.41) is 8.24. The van der Waals surface area contributed by atoms with Crippen LogP contribution in [0.3, 0.4) is 0 Å². The van der Waals surface area contributed by atoms with Gasteiger partial charge in [0, 0.05) is 87.6 Å². The van der Waals surface area contributed by atoms with Crippen molar-refractivity contribution in [2.45, 2.75) is 0 Å². The maximum Gasteiger partial charge on any atom is 0.164 e. The molecule has 0 spiro atoms. The van der Waals surface area contributed by atoms with Crippen LogP contribution in [0.5, 0.6) is 0 Å². The number of para-hydroxylation sites is 5. The van der Waals surface area contributed by atoms with Crippen molar-refractivity contribution < 1.29 is 17.7 Å². The van der Waals surface area contributed by atoms with E-state index in [1.165, 1.54) is 5.56 Å². The standard InChI is InChI=1S/C114H68N6O4/c1-5-23-69(24-6-1)70-45-47-71(48-46-70)75-31-19-33-81(57-75)111-115-110(74-29-11-4-12-30-74)118-114(120-111)88-63-85(90-38-21-40-96-92-35-13-18-44-103(92)123-107(90)96)62-86(64-88)91-39-22-41-97-95-54-50-80(68-106(95)124-108(91)97)98-65-77(49-53-89(98)72-25-7-2-8-26-72)76-32-20-34-82(58-76)112-116-109(73-27-9-3-10-28-73)117-113(119-112)87-60-83(78-51-55-104-99(66-78)93-36-14-16-42-101(93)121-104)59-84(61-87)79-52-56-105-100(67-79)94-37-15-17-43-102(94)122-105/h1-68H. The minimum absolute atomic E-state index is 0.514. The van der Waals surface area contributed by atoms with Crippen LogP contribution in [-0.4, -0.2) is 29.9 Å². The topological polar surface area (TPSA) is 130 Å². The van der Waals surface area contributed by atoms with Crippen molar-refractivity contribution in [3.63, 3.8) is 0 Å². The van der Waals surface area contributed by atoms with Gasteiger partial charge in [0.2, 0.25) is 0 Å². The van der Waals surface area contributed by atoms with E-state index < -0.39 is 0 Å². The van der Waals surface area contributed by atoms with Gasteiger partial charge < -0.3 is 17.7 Å². The van der Waals surface area contributed by atoms with E-state index in [0.717, 1.165) is 216 Å². The van der Waals surface area contributed by atoms with Crippen molar-refractivity contribution in [2.24, 2.45) is 0 Å². The average molecular weight is 1590 g/mol. The zero-order valence-electron chi connectivity index (χ0n) is 66.6. The molecule has 24 aromatic rings. The van der Waals surface area contributed by atoms with Crippen LogP contribution in [-0.2, 0) is 0 Å². The molecule has 578 valence electrons. The van der Waals surface area contributed by atoms with E-state index in [0.29, 0.717) is 34.9 Å². The van der Waals surface area contributed by atoms with Crippen molar-refractivity contribution >= 4 is 87.8 Å². The van der Waals surface area contributed by atoms with Crippen LogP contribution in [0.2, 0.25) is 0 Å². The summed E-state index contributed by atoms with van der Waals surface area (Å²) in [7, 11) is 0. The Labute approximate surface area is 711 Å². The molecular formula is C114H68N6O4. The number of benzene rings is 18. The van der Waals surface area contributed by atoms with Crippen LogP contribution >= 0.6 is 0 Å². The maximum atomic E-state index is 7.37. The SMILES string of the molecule is c1ccc(-c2ccc(-c3cccc(-c4nc(-c5ccccc5)nc(-c5cc(-c6cccc7c6oc6ccccc67)cc(-c6cccc7c6oc6cc(-c8cc(-c9cccc(-c%10nc(-c%11ccccc%11)nc(-c%11cc(-c%12ccc%13oc%14ccccc%14c%13c%12)cc(-c%12ccc%13oc%14ccccc%14c%13c%12)c%11)n%10)c9)ccc8-c8ccccc8)ccc67)c5)n4)c3)cc2)cc1. The average Bonchev–Trinajstić information content (AvgIpc) is 1.53. The summed E-state index contributed by atoms with van der Waals surface area (Å²) in [6.45, 7) is 0. The van der Waals surface area contributed by atoms with Gasteiger partial charge in [0.25, 0.3) is 0 Å². The first-order valence-corrected chi connectivity index (χ1v) is 41.6. The highest BCUT2D eigenvalue weighted by Crippen LogP contribution is 2.47. The molecule has 0 saturated heterocycles. The van der Waals surface area contributed by atoms with Gasteiger partial charge in [0.05, 0.1) is 0 Å². The summed E-state index contributed by atoms with van der Waals surface area (Å²) < 4.78 is 26.9. The second kappa shape index (κ2) is 29.6. The second-order valence-corrected chi connectivity index (χ2v) is 31.6. The zero-order chi connectivity index (χ0) is 81.7. The molecule has 0 N–H and O–H groups in total. The van der Waals surface area contributed by atoms with Gasteiger partial charge >= 0.3 is 0 Å². The molecule has 124 heavy (non-hydrogen) atoms. The second-order valence-electron chi connectivity index (χ2n) is 31.6. The fourth-order valence-electron chi connectivity index (χ4n) is 17.8. The predicted molar refractivity (Wildman–Crippen MR) is 504 cm³/mol. The van der Waals surface area contributed by atoms with Crippen LogP contribution in [0.4, 0.5) is 0 Å². The number of rotatable bonds is 15. The summed E-state index contributed by atoms with van der Waals surface area (Å²) >= 11 is 0. The highest BCUT2D eigenvalue weighted by molar-refractivity contribution is 6.14. The Hall–Kier alpha value is -16.8. The molecular weight excluding hydrogens is 1520 g/mol. The summed E-state index contributed by atoms with van der Waals surface area (Å²) in [5.41, 5.74) is 29.9. The largest absolute Gasteiger partial charge is 0.456 e. The quantitative estimate of drug-likeness (QED) is 0.0978. The Morgan fingerprint density at radius 3 is 0.935 bits per heavy atom. The molecule has 0 aliphatic rings. The lowest BCUT2D eigenvalue weighted by Crippen LogP contribution is -2.01. The van der Waals surface area contributed by atoms with Gasteiger partial charge in [-0.1, -0.05) is 303 Å². The first-order chi connectivity index (χ1) is 61.3. The van der Waals surface area contributed by atoms with E-state index in [1.807, 2.05) is 91.0 Å². The lowest BCUT2D eigenvalue weighted by molar-refractivity contribution is 0.668. The van der Waals surface area contributed by atoms with Crippen molar-refractivity contribution in [2.75, 3.05) is 0 Å². The number of nitrogens with zero attached hydrogens (tertiary/aromatic N) is 6. The van der Waals surface area contributed by atoms with E-state index in [-0.39, 0.29) is 0 Å². The van der Waals surface area contributed by atoms with Gasteiger partial charge in [-0.3, -0.25) is 0 Å². The van der Waals surface area contributed by atoms with Crippen LogP contribution in [0, 0.1) is 0 Å². The lowest BCUT2D eigenvalue weighted by Gasteiger charge is -2.14. The molecule has 24 rings (SSSR count). The molecule has 0 aliphatic heterocycles. The predicted octanol–water partition coefficient (Wildman–Crippen LogP) is 30.7. The molecule has 0 fully saturated rings.